The number of rotatable bonds is 6. The van der Waals surface area contributed by atoms with Gasteiger partial charge in [0.2, 0.25) is 0 Å². The minimum Gasteiger partial charge on any atom is -0.493 e. The van der Waals surface area contributed by atoms with Crippen molar-refractivity contribution in [3.05, 3.63) is 29.3 Å². The van der Waals surface area contributed by atoms with Crippen molar-refractivity contribution in [3.8, 4) is 5.75 Å². The van der Waals surface area contributed by atoms with Gasteiger partial charge in [-0.25, -0.2) is 9.59 Å². The van der Waals surface area contributed by atoms with Crippen molar-refractivity contribution in [2.75, 3.05) is 6.61 Å². The maximum absolute atomic E-state index is 11.0. The van der Waals surface area contributed by atoms with Gasteiger partial charge in [0.1, 0.15) is 11.3 Å². The summed E-state index contributed by atoms with van der Waals surface area (Å²) < 4.78 is 5.30. The van der Waals surface area contributed by atoms with Crippen molar-refractivity contribution in [2.45, 2.75) is 19.8 Å². The molecule has 0 unspecified atom stereocenters. The first-order valence-corrected chi connectivity index (χ1v) is 5.29. The van der Waals surface area contributed by atoms with Crippen LogP contribution < -0.4 is 4.74 Å². The third kappa shape index (κ3) is 3.48. The molecule has 17 heavy (non-hydrogen) atoms. The molecule has 0 heterocycles. The summed E-state index contributed by atoms with van der Waals surface area (Å²) in [4.78, 5) is 21.7. The van der Waals surface area contributed by atoms with Gasteiger partial charge in [0.15, 0.2) is 0 Å². The molecule has 0 spiro atoms. The number of carboxylic acids is 2. The number of carboxylic acid groups (broad SMARTS) is 2. The molecule has 1 aromatic carbocycles. The second kappa shape index (κ2) is 5.89. The summed E-state index contributed by atoms with van der Waals surface area (Å²) in [5.41, 5.74) is -0.189. The fourth-order valence-corrected chi connectivity index (χ4v) is 1.28. The lowest BCUT2D eigenvalue weighted by molar-refractivity contribution is 0.0692. The molecule has 92 valence electrons. The number of aromatic carboxylic acids is 2. The lowest BCUT2D eigenvalue weighted by Crippen LogP contribution is -2.07. The average Bonchev–Trinajstić information content (AvgIpc) is 2.29. The Morgan fingerprint density at radius 2 is 1.94 bits per heavy atom. The van der Waals surface area contributed by atoms with Crippen LogP contribution in [0.25, 0.3) is 0 Å². The Kier molecular flexibility index (Phi) is 4.51. The van der Waals surface area contributed by atoms with Crippen LogP contribution in [0.3, 0.4) is 0 Å². The van der Waals surface area contributed by atoms with Crippen LogP contribution in [-0.4, -0.2) is 28.8 Å². The van der Waals surface area contributed by atoms with Gasteiger partial charge in [-0.2, -0.15) is 0 Å². The summed E-state index contributed by atoms with van der Waals surface area (Å²) in [6, 6.07) is 3.81. The normalized spacial score (nSPS) is 9.94. The number of hydrogen-bond donors (Lipinski definition) is 2. The molecule has 0 amide bonds. The van der Waals surface area contributed by atoms with Gasteiger partial charge in [-0.05, 0) is 24.6 Å². The third-order valence-electron chi connectivity index (χ3n) is 2.21. The van der Waals surface area contributed by atoms with E-state index < -0.39 is 11.9 Å². The van der Waals surface area contributed by atoms with E-state index in [1.807, 2.05) is 6.92 Å². The molecule has 0 radical (unpaired) electrons. The largest absolute Gasteiger partial charge is 0.493 e. The van der Waals surface area contributed by atoms with E-state index in [-0.39, 0.29) is 16.9 Å². The van der Waals surface area contributed by atoms with E-state index in [4.69, 9.17) is 14.9 Å². The van der Waals surface area contributed by atoms with Gasteiger partial charge in [0, 0.05) is 0 Å². The van der Waals surface area contributed by atoms with E-state index in [2.05, 4.69) is 0 Å². The van der Waals surface area contributed by atoms with Gasteiger partial charge in [-0.1, -0.05) is 13.3 Å². The fourth-order valence-electron chi connectivity index (χ4n) is 1.28. The second-order valence-electron chi connectivity index (χ2n) is 3.52. The van der Waals surface area contributed by atoms with Crippen molar-refractivity contribution in [1.29, 1.82) is 0 Å². The number of ether oxygens (including phenoxy) is 1. The molecule has 5 nitrogen and oxygen atoms in total. The molecular weight excluding hydrogens is 224 g/mol. The monoisotopic (exact) mass is 238 g/mol. The Bertz CT molecular complexity index is 425. The van der Waals surface area contributed by atoms with Gasteiger partial charge >= 0.3 is 11.9 Å². The van der Waals surface area contributed by atoms with Crippen LogP contribution in [0.15, 0.2) is 18.2 Å². The van der Waals surface area contributed by atoms with Crippen LogP contribution in [0.2, 0.25) is 0 Å². The Labute approximate surface area is 98.6 Å². The van der Waals surface area contributed by atoms with Crippen LogP contribution in [0, 0.1) is 0 Å². The zero-order chi connectivity index (χ0) is 12.8. The molecule has 0 saturated carbocycles. The molecule has 0 aliphatic rings. The standard InChI is InChI=1S/C12H14O5/c1-2-3-6-17-10-5-4-8(11(13)14)7-9(10)12(15)16/h4-5,7H,2-3,6H2,1H3,(H,13,14)(H,15,16). The van der Waals surface area contributed by atoms with E-state index >= 15 is 0 Å². The van der Waals surface area contributed by atoms with Gasteiger partial charge in [-0.3, -0.25) is 0 Å². The van der Waals surface area contributed by atoms with Gasteiger partial charge < -0.3 is 14.9 Å². The van der Waals surface area contributed by atoms with Gasteiger partial charge in [-0.15, -0.1) is 0 Å². The van der Waals surface area contributed by atoms with E-state index in [0.29, 0.717) is 6.61 Å². The highest BCUT2D eigenvalue weighted by atomic mass is 16.5. The predicted octanol–water partition coefficient (Wildman–Crippen LogP) is 2.26. The Morgan fingerprint density at radius 3 is 2.47 bits per heavy atom. The van der Waals surface area contributed by atoms with Crippen molar-refractivity contribution in [1.82, 2.24) is 0 Å². The summed E-state index contributed by atoms with van der Waals surface area (Å²) in [5.74, 6) is -2.15. The Balaban J connectivity index is 2.96. The zero-order valence-electron chi connectivity index (χ0n) is 9.47. The van der Waals surface area contributed by atoms with Gasteiger partial charge in [0.25, 0.3) is 0 Å². The molecule has 0 aliphatic carbocycles. The molecule has 0 atom stereocenters. The maximum Gasteiger partial charge on any atom is 0.339 e. The fraction of sp³-hybridized carbons (Fsp3) is 0.333. The first-order chi connectivity index (χ1) is 8.06. The van der Waals surface area contributed by atoms with E-state index in [1.54, 1.807) is 0 Å². The quantitative estimate of drug-likeness (QED) is 0.742. The molecule has 0 fully saturated rings. The number of hydrogen-bond acceptors (Lipinski definition) is 3. The number of unbranched alkanes of at least 4 members (excludes halogenated alkanes) is 1. The lowest BCUT2D eigenvalue weighted by atomic mass is 10.1. The van der Waals surface area contributed by atoms with Crippen molar-refractivity contribution in [2.24, 2.45) is 0 Å². The summed E-state index contributed by atoms with van der Waals surface area (Å²) in [5, 5.41) is 17.7. The van der Waals surface area contributed by atoms with Crippen LogP contribution in [0.4, 0.5) is 0 Å². The molecule has 0 bridgehead atoms. The first kappa shape index (κ1) is 13.0. The molecule has 0 saturated heterocycles. The average molecular weight is 238 g/mol. The maximum atomic E-state index is 11.0. The molecule has 0 aromatic heterocycles. The van der Waals surface area contributed by atoms with Gasteiger partial charge in [0.05, 0.1) is 12.2 Å². The minimum absolute atomic E-state index is 0.0646. The Morgan fingerprint density at radius 1 is 1.24 bits per heavy atom. The first-order valence-electron chi connectivity index (χ1n) is 5.29. The van der Waals surface area contributed by atoms with Crippen molar-refractivity contribution < 1.29 is 24.5 Å². The van der Waals surface area contributed by atoms with E-state index in [1.165, 1.54) is 12.1 Å². The number of carbonyl (C=O) groups is 2. The second-order valence-corrected chi connectivity index (χ2v) is 3.52. The lowest BCUT2D eigenvalue weighted by Gasteiger charge is -2.09. The molecule has 1 aromatic rings. The zero-order valence-corrected chi connectivity index (χ0v) is 9.47. The highest BCUT2D eigenvalue weighted by molar-refractivity contribution is 5.95. The summed E-state index contributed by atoms with van der Waals surface area (Å²) in [6.07, 6.45) is 1.76. The number of benzene rings is 1. The molecular formula is C12H14O5. The predicted molar refractivity (Wildman–Crippen MR) is 60.8 cm³/mol. The van der Waals surface area contributed by atoms with Crippen LogP contribution in [-0.2, 0) is 0 Å². The van der Waals surface area contributed by atoms with Crippen LogP contribution >= 0.6 is 0 Å². The Hall–Kier alpha value is -2.04. The molecule has 0 aliphatic heterocycles. The summed E-state index contributed by atoms with van der Waals surface area (Å²) >= 11 is 0. The highest BCUT2D eigenvalue weighted by Crippen LogP contribution is 2.20. The van der Waals surface area contributed by atoms with Crippen molar-refractivity contribution in [3.63, 3.8) is 0 Å². The minimum atomic E-state index is -1.19. The van der Waals surface area contributed by atoms with Crippen molar-refractivity contribution >= 4 is 11.9 Å². The molecule has 2 N–H and O–H groups in total. The smallest absolute Gasteiger partial charge is 0.339 e. The third-order valence-corrected chi connectivity index (χ3v) is 2.21. The topological polar surface area (TPSA) is 83.8 Å². The summed E-state index contributed by atoms with van der Waals surface area (Å²) in [6.45, 7) is 2.41. The van der Waals surface area contributed by atoms with E-state index in [0.717, 1.165) is 18.9 Å². The highest BCUT2D eigenvalue weighted by Gasteiger charge is 2.14. The molecule has 1 rings (SSSR count). The van der Waals surface area contributed by atoms with E-state index in [9.17, 15) is 9.59 Å². The molecule has 5 heteroatoms. The van der Waals surface area contributed by atoms with Crippen LogP contribution in [0.5, 0.6) is 5.75 Å². The summed E-state index contributed by atoms with van der Waals surface area (Å²) in [7, 11) is 0. The van der Waals surface area contributed by atoms with Crippen LogP contribution in [0.1, 0.15) is 40.5 Å². The SMILES string of the molecule is CCCCOc1ccc(C(=O)O)cc1C(=O)O.